The van der Waals surface area contributed by atoms with Gasteiger partial charge < -0.3 is 15.1 Å². The molecule has 3 aromatic rings. The van der Waals surface area contributed by atoms with E-state index in [1.165, 1.54) is 51.7 Å². The second-order valence-corrected chi connectivity index (χ2v) is 10.4. The summed E-state index contributed by atoms with van der Waals surface area (Å²) in [5.41, 5.74) is 2.67. The maximum absolute atomic E-state index is 6.40. The van der Waals surface area contributed by atoms with E-state index in [1.54, 1.807) is 6.07 Å². The lowest BCUT2D eigenvalue weighted by Gasteiger charge is -2.32. The van der Waals surface area contributed by atoms with Gasteiger partial charge in [-0.1, -0.05) is 59.6 Å². The highest BCUT2D eigenvalue weighted by atomic mass is 35.5. The van der Waals surface area contributed by atoms with Gasteiger partial charge >= 0.3 is 0 Å². The fraction of sp³-hybridized carbons (Fsp3) is 0.444. The molecule has 0 atom stereocenters. The summed E-state index contributed by atoms with van der Waals surface area (Å²) >= 11 is 12.5. The van der Waals surface area contributed by atoms with E-state index in [9.17, 15) is 0 Å². The molecule has 8 heteroatoms. The van der Waals surface area contributed by atoms with E-state index in [0.717, 1.165) is 35.8 Å². The molecule has 0 spiro atoms. The highest BCUT2D eigenvalue weighted by molar-refractivity contribution is 6.35. The molecule has 6 nitrogen and oxygen atoms in total. The van der Waals surface area contributed by atoms with Gasteiger partial charge in [0.05, 0.1) is 0 Å². The van der Waals surface area contributed by atoms with Gasteiger partial charge in [0, 0.05) is 35.2 Å². The topological polar surface area (TPSA) is 57.2 Å². The van der Waals surface area contributed by atoms with Crippen LogP contribution in [0, 0.1) is 5.92 Å². The minimum Gasteiger partial charge on any atom is -0.364 e. The Morgan fingerprint density at radius 3 is 2.43 bits per heavy atom. The Morgan fingerprint density at radius 1 is 0.914 bits per heavy atom. The first-order valence-corrected chi connectivity index (χ1v) is 13.4. The summed E-state index contributed by atoms with van der Waals surface area (Å²) in [4.78, 5) is 9.82. The van der Waals surface area contributed by atoms with Crippen LogP contribution in [-0.4, -0.2) is 52.8 Å². The summed E-state index contributed by atoms with van der Waals surface area (Å²) in [6.45, 7) is 6.27. The molecule has 1 aromatic heterocycles. The summed E-state index contributed by atoms with van der Waals surface area (Å²) in [6, 6.07) is 15.6. The second kappa shape index (κ2) is 11.5. The Kier molecular flexibility index (Phi) is 8.02. The molecule has 35 heavy (non-hydrogen) atoms. The van der Waals surface area contributed by atoms with Crippen molar-refractivity contribution < 1.29 is 0 Å². The second-order valence-electron chi connectivity index (χ2n) is 9.53. The van der Waals surface area contributed by atoms with E-state index in [1.807, 2.05) is 42.5 Å². The SMILES string of the molecule is Clc1ccc(CNc2nc(N3CCC(CCN4CCCC4)CC3)nnc2-c2ccccc2)c(Cl)c1. The van der Waals surface area contributed by atoms with Crippen LogP contribution in [0.15, 0.2) is 48.5 Å². The summed E-state index contributed by atoms with van der Waals surface area (Å²) in [5.74, 6) is 2.18. The summed E-state index contributed by atoms with van der Waals surface area (Å²) < 4.78 is 0. The first-order chi connectivity index (χ1) is 17.2. The maximum atomic E-state index is 6.40. The number of anilines is 2. The lowest BCUT2D eigenvalue weighted by molar-refractivity contribution is 0.279. The van der Waals surface area contributed by atoms with Gasteiger partial charge in [0.2, 0.25) is 5.95 Å². The lowest BCUT2D eigenvalue weighted by Crippen LogP contribution is -2.36. The quantitative estimate of drug-likeness (QED) is 0.391. The number of likely N-dealkylation sites (tertiary alicyclic amines) is 1. The van der Waals surface area contributed by atoms with Crippen molar-refractivity contribution in [1.82, 2.24) is 20.1 Å². The van der Waals surface area contributed by atoms with Crippen LogP contribution in [0.3, 0.4) is 0 Å². The fourth-order valence-corrected chi connectivity index (χ4v) is 5.48. The van der Waals surface area contributed by atoms with Crippen molar-refractivity contribution in [2.24, 2.45) is 5.92 Å². The molecule has 0 bridgehead atoms. The molecule has 3 heterocycles. The smallest absolute Gasteiger partial charge is 0.247 e. The summed E-state index contributed by atoms with van der Waals surface area (Å²) in [7, 11) is 0. The highest BCUT2D eigenvalue weighted by Gasteiger charge is 2.24. The molecule has 0 radical (unpaired) electrons. The Morgan fingerprint density at radius 2 is 1.69 bits per heavy atom. The number of benzene rings is 2. The number of nitrogens with one attached hydrogen (secondary N) is 1. The number of hydrogen-bond donors (Lipinski definition) is 1. The number of rotatable bonds is 8. The van der Waals surface area contributed by atoms with E-state index >= 15 is 0 Å². The van der Waals surface area contributed by atoms with Crippen LogP contribution in [0.4, 0.5) is 11.8 Å². The average molecular weight is 512 g/mol. The Bertz CT molecular complexity index is 1110. The number of aromatic nitrogens is 3. The van der Waals surface area contributed by atoms with Crippen LogP contribution < -0.4 is 10.2 Å². The van der Waals surface area contributed by atoms with Gasteiger partial charge in [-0.05, 0) is 75.4 Å². The molecule has 0 aliphatic carbocycles. The van der Waals surface area contributed by atoms with E-state index in [0.29, 0.717) is 28.4 Å². The molecular formula is C27H32Cl2N6. The third-order valence-electron chi connectivity index (χ3n) is 7.13. The van der Waals surface area contributed by atoms with Gasteiger partial charge in [0.1, 0.15) is 5.69 Å². The highest BCUT2D eigenvalue weighted by Crippen LogP contribution is 2.29. The molecule has 2 fully saturated rings. The van der Waals surface area contributed by atoms with Crippen molar-refractivity contribution in [2.75, 3.05) is 42.9 Å². The molecule has 0 saturated carbocycles. The number of halogens is 2. The zero-order valence-electron chi connectivity index (χ0n) is 20.0. The van der Waals surface area contributed by atoms with E-state index in [4.69, 9.17) is 28.2 Å². The minimum absolute atomic E-state index is 0.520. The van der Waals surface area contributed by atoms with Crippen LogP contribution in [0.1, 0.15) is 37.7 Å². The van der Waals surface area contributed by atoms with Crippen molar-refractivity contribution in [3.8, 4) is 11.3 Å². The van der Waals surface area contributed by atoms with Gasteiger partial charge in [0.25, 0.3) is 0 Å². The number of piperidine rings is 1. The molecule has 2 saturated heterocycles. The van der Waals surface area contributed by atoms with Crippen LogP contribution in [0.2, 0.25) is 10.0 Å². The van der Waals surface area contributed by atoms with Gasteiger partial charge in [-0.25, -0.2) is 0 Å². The van der Waals surface area contributed by atoms with Crippen LogP contribution in [0.5, 0.6) is 0 Å². The van der Waals surface area contributed by atoms with Crippen molar-refractivity contribution in [1.29, 1.82) is 0 Å². The zero-order valence-corrected chi connectivity index (χ0v) is 21.5. The summed E-state index contributed by atoms with van der Waals surface area (Å²) in [5, 5.41) is 13.8. The van der Waals surface area contributed by atoms with Crippen LogP contribution >= 0.6 is 23.2 Å². The third kappa shape index (κ3) is 6.24. The Labute approximate surface area is 217 Å². The van der Waals surface area contributed by atoms with Gasteiger partial charge in [-0.15, -0.1) is 10.2 Å². The minimum atomic E-state index is 0.520. The van der Waals surface area contributed by atoms with Crippen molar-refractivity contribution in [3.05, 3.63) is 64.1 Å². The summed E-state index contributed by atoms with van der Waals surface area (Å²) in [6.07, 6.45) is 6.39. The van der Waals surface area contributed by atoms with Crippen molar-refractivity contribution >= 4 is 35.0 Å². The first kappa shape index (κ1) is 24.3. The standard InChI is InChI=1S/C27H32Cl2N6/c28-23-9-8-22(24(29)18-23)19-30-26-25(21-6-2-1-3-7-21)32-33-27(31-26)35-16-11-20(12-17-35)10-15-34-13-4-5-14-34/h1-3,6-9,18,20H,4-5,10-17,19H2,(H,30,31,33). The van der Waals surface area contributed by atoms with E-state index < -0.39 is 0 Å². The molecule has 1 N–H and O–H groups in total. The number of hydrogen-bond acceptors (Lipinski definition) is 6. The molecule has 0 amide bonds. The first-order valence-electron chi connectivity index (χ1n) is 12.6. The van der Waals surface area contributed by atoms with Crippen LogP contribution in [-0.2, 0) is 6.54 Å². The average Bonchev–Trinajstić information content (AvgIpc) is 3.42. The van der Waals surface area contributed by atoms with Gasteiger partial charge in [-0.2, -0.15) is 4.98 Å². The largest absolute Gasteiger partial charge is 0.364 e. The molecule has 2 aromatic carbocycles. The molecule has 2 aliphatic rings. The third-order valence-corrected chi connectivity index (χ3v) is 7.72. The Balaban J connectivity index is 1.28. The van der Waals surface area contributed by atoms with E-state index in [2.05, 4.69) is 25.3 Å². The monoisotopic (exact) mass is 510 g/mol. The normalized spacial score (nSPS) is 17.1. The van der Waals surface area contributed by atoms with Crippen molar-refractivity contribution in [3.63, 3.8) is 0 Å². The van der Waals surface area contributed by atoms with Gasteiger partial charge in [0.15, 0.2) is 5.82 Å². The molecule has 0 unspecified atom stereocenters. The lowest BCUT2D eigenvalue weighted by atomic mass is 9.93. The fourth-order valence-electron chi connectivity index (χ4n) is 5.00. The van der Waals surface area contributed by atoms with Crippen molar-refractivity contribution in [2.45, 2.75) is 38.6 Å². The van der Waals surface area contributed by atoms with E-state index in [-0.39, 0.29) is 0 Å². The predicted octanol–water partition coefficient (Wildman–Crippen LogP) is 6.16. The molecule has 184 valence electrons. The number of nitrogens with zero attached hydrogens (tertiary/aromatic N) is 5. The molecule has 2 aliphatic heterocycles. The predicted molar refractivity (Wildman–Crippen MR) is 144 cm³/mol. The maximum Gasteiger partial charge on any atom is 0.247 e. The zero-order chi connectivity index (χ0) is 24.0. The van der Waals surface area contributed by atoms with Gasteiger partial charge in [-0.3, -0.25) is 0 Å². The molecular weight excluding hydrogens is 479 g/mol. The van der Waals surface area contributed by atoms with Crippen LogP contribution in [0.25, 0.3) is 11.3 Å². The molecule has 5 rings (SSSR count). The Hall–Kier alpha value is -2.41.